The largest absolute Gasteiger partial charge is 0.299 e. The summed E-state index contributed by atoms with van der Waals surface area (Å²) < 4.78 is 1.82. The van der Waals surface area contributed by atoms with E-state index in [4.69, 9.17) is 0 Å². The highest BCUT2D eigenvalue weighted by molar-refractivity contribution is 5.81. The summed E-state index contributed by atoms with van der Waals surface area (Å²) in [6.45, 7) is 10.5. The zero-order chi connectivity index (χ0) is 13.8. The van der Waals surface area contributed by atoms with Crippen LogP contribution in [-0.4, -0.2) is 20.5 Å². The summed E-state index contributed by atoms with van der Waals surface area (Å²) in [5, 5.41) is 4.16. The van der Waals surface area contributed by atoms with Gasteiger partial charge in [0.15, 0.2) is 0 Å². The molecule has 4 heteroatoms. The number of carbonyl (C=O) groups is 1. The number of ketones is 1. The highest BCUT2D eigenvalue weighted by atomic mass is 16.1. The first-order valence-corrected chi connectivity index (χ1v) is 6.73. The van der Waals surface area contributed by atoms with Gasteiger partial charge >= 0.3 is 0 Å². The average molecular weight is 251 g/mol. The van der Waals surface area contributed by atoms with E-state index in [1.807, 2.05) is 11.6 Å². The molecule has 0 saturated heterocycles. The van der Waals surface area contributed by atoms with Crippen molar-refractivity contribution in [2.24, 2.45) is 11.3 Å². The number of rotatable bonds is 6. The van der Waals surface area contributed by atoms with Crippen LogP contribution in [0.1, 0.15) is 59.9 Å². The van der Waals surface area contributed by atoms with Crippen LogP contribution in [0.4, 0.5) is 0 Å². The summed E-state index contributed by atoms with van der Waals surface area (Å²) in [5.41, 5.74) is 0.0240. The maximum Gasteiger partial charge on any atom is 0.138 e. The standard InChI is InChI=1S/C14H25N3O/c1-6-7-12(17-10-15-9-16-17)8-13(18)11(2)14(3,4)5/h9-12H,6-8H2,1-5H3. The lowest BCUT2D eigenvalue weighted by atomic mass is 9.78. The van der Waals surface area contributed by atoms with Crippen LogP contribution in [0.2, 0.25) is 0 Å². The minimum atomic E-state index is 0.0240. The Morgan fingerprint density at radius 2 is 2.06 bits per heavy atom. The molecule has 0 radical (unpaired) electrons. The quantitative estimate of drug-likeness (QED) is 0.779. The van der Waals surface area contributed by atoms with Crippen molar-refractivity contribution in [3.05, 3.63) is 12.7 Å². The van der Waals surface area contributed by atoms with E-state index in [-0.39, 0.29) is 17.4 Å². The van der Waals surface area contributed by atoms with Crippen LogP contribution < -0.4 is 0 Å². The molecule has 0 aromatic carbocycles. The first-order valence-electron chi connectivity index (χ1n) is 6.73. The second kappa shape index (κ2) is 6.12. The zero-order valence-electron chi connectivity index (χ0n) is 12.2. The van der Waals surface area contributed by atoms with Crippen molar-refractivity contribution >= 4 is 5.78 Å². The molecule has 1 aromatic heterocycles. The molecule has 1 aromatic rings. The van der Waals surface area contributed by atoms with E-state index < -0.39 is 0 Å². The summed E-state index contributed by atoms with van der Waals surface area (Å²) in [6.07, 6.45) is 5.79. The lowest BCUT2D eigenvalue weighted by Crippen LogP contribution is -2.28. The molecule has 0 amide bonds. The molecule has 18 heavy (non-hydrogen) atoms. The van der Waals surface area contributed by atoms with Gasteiger partial charge in [0, 0.05) is 12.3 Å². The number of hydrogen-bond donors (Lipinski definition) is 0. The Morgan fingerprint density at radius 1 is 1.39 bits per heavy atom. The third kappa shape index (κ3) is 3.93. The van der Waals surface area contributed by atoms with Crippen LogP contribution in [0.5, 0.6) is 0 Å². The lowest BCUT2D eigenvalue weighted by molar-refractivity contribution is -0.126. The van der Waals surface area contributed by atoms with Gasteiger partial charge in [0.1, 0.15) is 18.4 Å². The molecule has 0 spiro atoms. The topological polar surface area (TPSA) is 47.8 Å². The summed E-state index contributed by atoms with van der Waals surface area (Å²) in [5.74, 6) is 0.386. The molecule has 1 heterocycles. The highest BCUT2D eigenvalue weighted by Crippen LogP contribution is 2.29. The van der Waals surface area contributed by atoms with Crippen LogP contribution in [-0.2, 0) is 4.79 Å². The Kier molecular flexibility index (Phi) is 5.05. The fourth-order valence-corrected chi connectivity index (χ4v) is 1.96. The molecule has 4 nitrogen and oxygen atoms in total. The molecule has 0 saturated carbocycles. The molecule has 0 fully saturated rings. The minimum absolute atomic E-state index is 0.0240. The molecule has 102 valence electrons. The molecule has 2 atom stereocenters. The fourth-order valence-electron chi connectivity index (χ4n) is 1.96. The number of hydrogen-bond acceptors (Lipinski definition) is 3. The maximum absolute atomic E-state index is 12.3. The molecule has 0 aliphatic rings. The van der Waals surface area contributed by atoms with Gasteiger partial charge < -0.3 is 0 Å². The van der Waals surface area contributed by atoms with Gasteiger partial charge in [-0.1, -0.05) is 41.0 Å². The fraction of sp³-hybridized carbons (Fsp3) is 0.786. The predicted molar refractivity (Wildman–Crippen MR) is 72.2 cm³/mol. The molecule has 0 aliphatic heterocycles. The van der Waals surface area contributed by atoms with E-state index in [9.17, 15) is 4.79 Å². The molecule has 0 N–H and O–H groups in total. The van der Waals surface area contributed by atoms with E-state index in [0.29, 0.717) is 12.2 Å². The monoisotopic (exact) mass is 251 g/mol. The maximum atomic E-state index is 12.3. The van der Waals surface area contributed by atoms with Gasteiger partial charge in [-0.05, 0) is 11.8 Å². The van der Waals surface area contributed by atoms with Crippen molar-refractivity contribution in [3.63, 3.8) is 0 Å². The lowest BCUT2D eigenvalue weighted by Gasteiger charge is -2.27. The van der Waals surface area contributed by atoms with Crippen LogP contribution in [0.25, 0.3) is 0 Å². The highest BCUT2D eigenvalue weighted by Gasteiger charge is 2.28. The Balaban J connectivity index is 2.70. The minimum Gasteiger partial charge on any atom is -0.299 e. The number of Topliss-reactive ketones (excluding diaryl/α,β-unsaturated/α-hetero) is 1. The van der Waals surface area contributed by atoms with Crippen LogP contribution >= 0.6 is 0 Å². The summed E-state index contributed by atoms with van der Waals surface area (Å²) >= 11 is 0. The summed E-state index contributed by atoms with van der Waals surface area (Å²) in [7, 11) is 0. The molecule has 0 bridgehead atoms. The number of nitrogens with zero attached hydrogens (tertiary/aromatic N) is 3. The Labute approximate surface area is 110 Å². The van der Waals surface area contributed by atoms with Gasteiger partial charge in [-0.2, -0.15) is 5.10 Å². The second-order valence-electron chi connectivity index (χ2n) is 6.08. The summed E-state index contributed by atoms with van der Waals surface area (Å²) in [4.78, 5) is 16.3. The van der Waals surface area contributed by atoms with Crippen molar-refractivity contribution in [3.8, 4) is 0 Å². The van der Waals surface area contributed by atoms with E-state index >= 15 is 0 Å². The third-order valence-corrected chi connectivity index (χ3v) is 3.65. The van der Waals surface area contributed by atoms with E-state index in [1.165, 1.54) is 6.33 Å². The average Bonchev–Trinajstić information content (AvgIpc) is 2.79. The van der Waals surface area contributed by atoms with Crippen LogP contribution in [0, 0.1) is 11.3 Å². The van der Waals surface area contributed by atoms with Crippen LogP contribution in [0.15, 0.2) is 12.7 Å². The van der Waals surface area contributed by atoms with Crippen molar-refractivity contribution in [2.75, 3.05) is 0 Å². The van der Waals surface area contributed by atoms with Crippen molar-refractivity contribution in [2.45, 2.75) is 59.9 Å². The first-order chi connectivity index (χ1) is 8.36. The van der Waals surface area contributed by atoms with Crippen molar-refractivity contribution < 1.29 is 4.79 Å². The van der Waals surface area contributed by atoms with Crippen LogP contribution in [0.3, 0.4) is 0 Å². The molecule has 0 aliphatic carbocycles. The first kappa shape index (κ1) is 14.9. The SMILES string of the molecule is CCCC(CC(=O)C(C)C(C)(C)C)n1cncn1. The van der Waals surface area contributed by atoms with Gasteiger partial charge in [0.05, 0.1) is 6.04 Å². The Bertz CT molecular complexity index is 365. The second-order valence-corrected chi connectivity index (χ2v) is 6.08. The Hall–Kier alpha value is -1.19. The van der Waals surface area contributed by atoms with Gasteiger partial charge in [-0.15, -0.1) is 0 Å². The molecule has 1 rings (SSSR count). The van der Waals surface area contributed by atoms with Gasteiger partial charge in [-0.25, -0.2) is 9.67 Å². The number of aromatic nitrogens is 3. The zero-order valence-corrected chi connectivity index (χ0v) is 12.2. The smallest absolute Gasteiger partial charge is 0.138 e. The van der Waals surface area contributed by atoms with E-state index in [2.05, 4.69) is 37.8 Å². The van der Waals surface area contributed by atoms with Gasteiger partial charge in [0.25, 0.3) is 0 Å². The van der Waals surface area contributed by atoms with E-state index in [0.717, 1.165) is 12.8 Å². The summed E-state index contributed by atoms with van der Waals surface area (Å²) in [6, 6.07) is 0.148. The number of carbonyl (C=O) groups excluding carboxylic acids is 1. The van der Waals surface area contributed by atoms with Crippen molar-refractivity contribution in [1.29, 1.82) is 0 Å². The normalized spacial score (nSPS) is 15.4. The van der Waals surface area contributed by atoms with Gasteiger partial charge in [0.2, 0.25) is 0 Å². The molecule has 2 unspecified atom stereocenters. The van der Waals surface area contributed by atoms with Crippen molar-refractivity contribution in [1.82, 2.24) is 14.8 Å². The molecular weight excluding hydrogens is 226 g/mol. The Morgan fingerprint density at radius 3 is 2.50 bits per heavy atom. The van der Waals surface area contributed by atoms with E-state index in [1.54, 1.807) is 6.33 Å². The molecular formula is C14H25N3O. The van der Waals surface area contributed by atoms with Gasteiger partial charge in [-0.3, -0.25) is 4.79 Å². The third-order valence-electron chi connectivity index (χ3n) is 3.65. The predicted octanol–water partition coefficient (Wildman–Crippen LogP) is 3.26.